The van der Waals surface area contributed by atoms with Crippen molar-refractivity contribution >= 4 is 16.5 Å². The molecule has 1 saturated carbocycles. The molecule has 0 radical (unpaired) electrons. The van der Waals surface area contributed by atoms with Crippen molar-refractivity contribution in [2.45, 2.75) is 45.6 Å². The number of rotatable bonds is 5. The monoisotopic (exact) mass is 253 g/mol. The molecule has 1 N–H and O–H groups in total. The summed E-state index contributed by atoms with van der Waals surface area (Å²) in [7, 11) is 2.25. The summed E-state index contributed by atoms with van der Waals surface area (Å²) in [5.41, 5.74) is 1.15. The maximum Gasteiger partial charge on any atom is 0.183 e. The van der Waals surface area contributed by atoms with Gasteiger partial charge in [0, 0.05) is 24.0 Å². The molecule has 0 aromatic carbocycles. The Morgan fingerprint density at radius 1 is 1.35 bits per heavy atom. The summed E-state index contributed by atoms with van der Waals surface area (Å²) in [5, 5.41) is 4.50. The molecule has 17 heavy (non-hydrogen) atoms. The first kappa shape index (κ1) is 12.8. The van der Waals surface area contributed by atoms with Gasteiger partial charge in [0.2, 0.25) is 0 Å². The Morgan fingerprint density at radius 3 is 2.65 bits per heavy atom. The van der Waals surface area contributed by atoms with Crippen LogP contribution in [0.2, 0.25) is 0 Å². The van der Waals surface area contributed by atoms with E-state index in [9.17, 15) is 0 Å². The minimum absolute atomic E-state index is 0.816. The van der Waals surface area contributed by atoms with Crippen molar-refractivity contribution < 1.29 is 0 Å². The molecule has 1 heterocycles. The molecule has 3 nitrogen and oxygen atoms in total. The third kappa shape index (κ3) is 3.42. The number of hydrogen-bond acceptors (Lipinski definition) is 4. The molecular formula is C13H23N3S. The van der Waals surface area contributed by atoms with Crippen LogP contribution < -0.4 is 5.32 Å². The highest BCUT2D eigenvalue weighted by Gasteiger charge is 2.18. The van der Waals surface area contributed by atoms with Gasteiger partial charge in [-0.1, -0.05) is 12.8 Å². The molecule has 4 heteroatoms. The van der Waals surface area contributed by atoms with Crippen LogP contribution in [0.4, 0.5) is 5.13 Å². The molecule has 0 bridgehead atoms. The molecule has 1 fully saturated rings. The highest BCUT2D eigenvalue weighted by atomic mass is 32.1. The summed E-state index contributed by atoms with van der Waals surface area (Å²) < 4.78 is 0. The van der Waals surface area contributed by atoms with Crippen molar-refractivity contribution in [3.05, 3.63) is 10.6 Å². The van der Waals surface area contributed by atoms with Gasteiger partial charge in [0.15, 0.2) is 5.13 Å². The van der Waals surface area contributed by atoms with Crippen LogP contribution in [0.5, 0.6) is 0 Å². The van der Waals surface area contributed by atoms with Crippen LogP contribution in [0, 0.1) is 13.8 Å². The second-order valence-electron chi connectivity index (χ2n) is 5.01. The Hall–Kier alpha value is -0.610. The van der Waals surface area contributed by atoms with Gasteiger partial charge in [0.1, 0.15) is 0 Å². The summed E-state index contributed by atoms with van der Waals surface area (Å²) >= 11 is 1.76. The fourth-order valence-electron chi connectivity index (χ4n) is 2.42. The molecule has 1 aromatic heterocycles. The van der Waals surface area contributed by atoms with E-state index in [-0.39, 0.29) is 0 Å². The Bertz CT molecular complexity index is 336. The zero-order chi connectivity index (χ0) is 12.3. The highest BCUT2D eigenvalue weighted by molar-refractivity contribution is 7.15. The zero-order valence-corrected chi connectivity index (χ0v) is 11.9. The van der Waals surface area contributed by atoms with Gasteiger partial charge in [0.05, 0.1) is 5.69 Å². The van der Waals surface area contributed by atoms with Crippen molar-refractivity contribution in [2.24, 2.45) is 0 Å². The molecule has 1 aliphatic carbocycles. The van der Waals surface area contributed by atoms with E-state index in [4.69, 9.17) is 0 Å². The van der Waals surface area contributed by atoms with Gasteiger partial charge < -0.3 is 10.2 Å². The maximum absolute atomic E-state index is 4.49. The molecule has 0 atom stereocenters. The van der Waals surface area contributed by atoms with E-state index in [2.05, 4.69) is 36.1 Å². The smallest absolute Gasteiger partial charge is 0.183 e. The fraction of sp³-hybridized carbons (Fsp3) is 0.769. The van der Waals surface area contributed by atoms with Gasteiger partial charge in [-0.25, -0.2) is 4.98 Å². The quantitative estimate of drug-likeness (QED) is 0.874. The van der Waals surface area contributed by atoms with E-state index in [0.717, 1.165) is 30.0 Å². The molecular weight excluding hydrogens is 230 g/mol. The van der Waals surface area contributed by atoms with Gasteiger partial charge in [-0.2, -0.15) is 0 Å². The lowest BCUT2D eigenvalue weighted by molar-refractivity contribution is 0.254. The molecule has 0 spiro atoms. The molecule has 0 aliphatic heterocycles. The van der Waals surface area contributed by atoms with Gasteiger partial charge in [-0.05, 0) is 33.7 Å². The molecule has 1 aliphatic rings. The van der Waals surface area contributed by atoms with Crippen LogP contribution in [0.1, 0.15) is 36.3 Å². The van der Waals surface area contributed by atoms with Crippen LogP contribution in [0.3, 0.4) is 0 Å². The van der Waals surface area contributed by atoms with Crippen LogP contribution in [-0.4, -0.2) is 36.1 Å². The summed E-state index contributed by atoms with van der Waals surface area (Å²) in [6.45, 7) is 6.31. The van der Waals surface area contributed by atoms with Crippen molar-refractivity contribution in [3.63, 3.8) is 0 Å². The van der Waals surface area contributed by atoms with Crippen molar-refractivity contribution in [2.75, 3.05) is 25.5 Å². The lowest BCUT2D eigenvalue weighted by atomic mass is 10.2. The number of likely N-dealkylation sites (N-methyl/N-ethyl adjacent to an activating group) is 1. The molecule has 96 valence electrons. The topological polar surface area (TPSA) is 28.2 Å². The predicted octanol–water partition coefficient (Wildman–Crippen LogP) is 3.05. The number of thiazole rings is 1. The second kappa shape index (κ2) is 5.83. The largest absolute Gasteiger partial charge is 0.360 e. The average molecular weight is 253 g/mol. The Balaban J connectivity index is 1.71. The highest BCUT2D eigenvalue weighted by Crippen LogP contribution is 2.23. The lowest BCUT2D eigenvalue weighted by Crippen LogP contribution is -2.33. The van der Waals surface area contributed by atoms with Gasteiger partial charge in [0.25, 0.3) is 0 Å². The summed E-state index contributed by atoms with van der Waals surface area (Å²) in [4.78, 5) is 8.30. The first-order valence-electron chi connectivity index (χ1n) is 6.55. The first-order valence-corrected chi connectivity index (χ1v) is 7.36. The number of hydrogen-bond donors (Lipinski definition) is 1. The molecule has 1 aromatic rings. The normalized spacial score (nSPS) is 16.9. The molecule has 0 unspecified atom stereocenters. The summed E-state index contributed by atoms with van der Waals surface area (Å²) in [5.74, 6) is 0. The first-order chi connectivity index (χ1) is 8.16. The molecule has 0 saturated heterocycles. The second-order valence-corrected chi connectivity index (χ2v) is 6.21. The van der Waals surface area contributed by atoms with Gasteiger partial charge in [-0.3, -0.25) is 0 Å². The van der Waals surface area contributed by atoms with Crippen molar-refractivity contribution in [1.82, 2.24) is 9.88 Å². The van der Waals surface area contributed by atoms with Gasteiger partial charge in [-0.15, -0.1) is 11.3 Å². The summed E-state index contributed by atoms with van der Waals surface area (Å²) in [6, 6.07) is 0.816. The third-order valence-electron chi connectivity index (χ3n) is 3.72. The van der Waals surface area contributed by atoms with E-state index in [0.29, 0.717) is 0 Å². The standard InChI is InChI=1S/C13H23N3S/c1-10-11(2)17-13(15-10)14-8-9-16(3)12-6-4-5-7-12/h12H,4-9H2,1-3H3,(H,14,15). The minimum atomic E-state index is 0.816. The maximum atomic E-state index is 4.49. The summed E-state index contributed by atoms with van der Waals surface area (Å²) in [6.07, 6.45) is 5.58. The lowest BCUT2D eigenvalue weighted by Gasteiger charge is -2.23. The van der Waals surface area contributed by atoms with Crippen LogP contribution in [0.15, 0.2) is 0 Å². The molecule has 2 rings (SSSR count). The molecule has 0 amide bonds. The Labute approximate surface area is 108 Å². The van der Waals surface area contributed by atoms with E-state index in [1.54, 1.807) is 11.3 Å². The Kier molecular flexibility index (Phi) is 4.40. The predicted molar refractivity (Wildman–Crippen MR) is 75.0 cm³/mol. The van der Waals surface area contributed by atoms with Crippen LogP contribution in [0.25, 0.3) is 0 Å². The SMILES string of the molecule is Cc1nc(NCCN(C)C2CCCC2)sc1C. The van der Waals surface area contributed by atoms with Crippen molar-refractivity contribution in [3.8, 4) is 0 Å². The van der Waals surface area contributed by atoms with Crippen molar-refractivity contribution in [1.29, 1.82) is 0 Å². The number of nitrogens with zero attached hydrogens (tertiary/aromatic N) is 2. The average Bonchev–Trinajstić information content (AvgIpc) is 2.90. The third-order valence-corrected chi connectivity index (χ3v) is 4.75. The van der Waals surface area contributed by atoms with Crippen LogP contribution in [-0.2, 0) is 0 Å². The number of nitrogens with one attached hydrogen (secondary N) is 1. The van der Waals surface area contributed by atoms with Crippen LogP contribution >= 0.6 is 11.3 Å². The zero-order valence-electron chi connectivity index (χ0n) is 11.1. The Morgan fingerprint density at radius 2 is 2.06 bits per heavy atom. The minimum Gasteiger partial charge on any atom is -0.360 e. The van der Waals surface area contributed by atoms with E-state index in [1.165, 1.54) is 30.6 Å². The number of anilines is 1. The number of aromatic nitrogens is 1. The van der Waals surface area contributed by atoms with Gasteiger partial charge >= 0.3 is 0 Å². The van der Waals surface area contributed by atoms with E-state index in [1.807, 2.05) is 0 Å². The van der Waals surface area contributed by atoms with E-state index >= 15 is 0 Å². The van der Waals surface area contributed by atoms with E-state index < -0.39 is 0 Å². The fourth-order valence-corrected chi connectivity index (χ4v) is 3.26. The number of aryl methyl sites for hydroxylation is 2.